The Hall–Kier alpha value is -2.98. The fourth-order valence-corrected chi connectivity index (χ4v) is 2.62. The first-order valence-electron chi connectivity index (χ1n) is 7.82. The quantitative estimate of drug-likeness (QED) is 0.733. The number of urea groups is 1. The molecule has 0 saturated carbocycles. The van der Waals surface area contributed by atoms with Crippen LogP contribution >= 0.6 is 0 Å². The Balaban J connectivity index is 1.74. The van der Waals surface area contributed by atoms with Gasteiger partial charge in [0.25, 0.3) is 0 Å². The molecule has 11 heteroatoms. The van der Waals surface area contributed by atoms with Crippen LogP contribution in [0.4, 0.5) is 28.4 Å². The molecule has 0 radical (unpaired) electrons. The molecule has 1 fully saturated rings. The lowest BCUT2D eigenvalue weighted by Crippen LogP contribution is -2.32. The molecular formula is C15H16F3N5O3. The first kappa shape index (κ1) is 17.8. The monoisotopic (exact) mass is 371 g/mol. The Bertz CT molecular complexity index is 751. The van der Waals surface area contributed by atoms with Crippen molar-refractivity contribution in [1.29, 1.82) is 0 Å². The Kier molecular flexibility index (Phi) is 4.87. The maximum Gasteiger partial charge on any atom is 0.428 e. The zero-order chi connectivity index (χ0) is 18.7. The first-order valence-corrected chi connectivity index (χ1v) is 7.82. The highest BCUT2D eigenvalue weighted by atomic mass is 19.4. The first-order chi connectivity index (χ1) is 12.3. The molecule has 0 unspecified atom stereocenters. The molecule has 0 aliphatic carbocycles. The summed E-state index contributed by atoms with van der Waals surface area (Å²) in [5.74, 6) is 0. The number of halogens is 3. The van der Waals surface area contributed by atoms with Crippen molar-refractivity contribution in [3.05, 3.63) is 29.3 Å². The van der Waals surface area contributed by atoms with Crippen molar-refractivity contribution in [3.8, 4) is 0 Å². The Morgan fingerprint density at radius 1 is 1.31 bits per heavy atom. The molecule has 0 aromatic heterocycles. The van der Waals surface area contributed by atoms with E-state index in [4.69, 9.17) is 4.74 Å². The number of nitrogens with zero attached hydrogens (tertiary/aromatic N) is 2. The molecule has 0 spiro atoms. The number of hydrogen-bond acceptors (Lipinski definition) is 5. The van der Waals surface area contributed by atoms with Gasteiger partial charge < -0.3 is 20.3 Å². The summed E-state index contributed by atoms with van der Waals surface area (Å²) < 4.78 is 44.9. The predicted molar refractivity (Wildman–Crippen MR) is 85.9 cm³/mol. The van der Waals surface area contributed by atoms with Gasteiger partial charge in [-0.25, -0.2) is 15.0 Å². The van der Waals surface area contributed by atoms with Crippen LogP contribution < -0.4 is 16.1 Å². The van der Waals surface area contributed by atoms with E-state index >= 15 is 0 Å². The highest BCUT2D eigenvalue weighted by Gasteiger charge is 2.34. The number of rotatable bonds is 5. The topological polar surface area (TPSA) is 95.1 Å². The van der Waals surface area contributed by atoms with Crippen LogP contribution in [0.25, 0.3) is 0 Å². The van der Waals surface area contributed by atoms with E-state index in [0.717, 1.165) is 6.07 Å². The Morgan fingerprint density at radius 3 is 2.73 bits per heavy atom. The lowest BCUT2D eigenvalue weighted by Gasteiger charge is -2.19. The van der Waals surface area contributed by atoms with Gasteiger partial charge in [-0.2, -0.15) is 18.3 Å². The van der Waals surface area contributed by atoms with Crippen molar-refractivity contribution in [3.63, 3.8) is 0 Å². The smallest absolute Gasteiger partial charge is 0.428 e. The zero-order valence-corrected chi connectivity index (χ0v) is 13.5. The van der Waals surface area contributed by atoms with Gasteiger partial charge in [0.15, 0.2) is 0 Å². The number of alkyl halides is 3. The van der Waals surface area contributed by atoms with Gasteiger partial charge in [-0.05, 0) is 12.1 Å². The van der Waals surface area contributed by atoms with E-state index < -0.39 is 17.8 Å². The zero-order valence-electron chi connectivity index (χ0n) is 13.5. The van der Waals surface area contributed by atoms with E-state index in [1.54, 1.807) is 0 Å². The average Bonchev–Trinajstić information content (AvgIpc) is 3.00. The van der Waals surface area contributed by atoms with Crippen LogP contribution in [0, 0.1) is 0 Å². The van der Waals surface area contributed by atoms with E-state index in [1.807, 2.05) is 0 Å². The lowest BCUT2D eigenvalue weighted by molar-refractivity contribution is -0.137. The van der Waals surface area contributed by atoms with Crippen molar-refractivity contribution in [2.24, 2.45) is 5.10 Å². The third-order valence-electron chi connectivity index (χ3n) is 3.92. The SMILES string of the molecule is O=C1NN=C(c2ccc(NCCN3CCNC3=O)c(C(F)(F)F)c2)CO1. The summed E-state index contributed by atoms with van der Waals surface area (Å²) >= 11 is 0. The molecule has 0 bridgehead atoms. The van der Waals surface area contributed by atoms with Crippen molar-refractivity contribution >= 4 is 23.5 Å². The average molecular weight is 371 g/mol. The number of cyclic esters (lactones) is 1. The van der Waals surface area contributed by atoms with Crippen LogP contribution in [0.15, 0.2) is 23.3 Å². The maximum absolute atomic E-state index is 13.4. The molecule has 3 amide bonds. The Labute approximate surface area is 146 Å². The number of carbonyl (C=O) groups excluding carboxylic acids is 2. The van der Waals surface area contributed by atoms with Crippen LogP contribution in [0.5, 0.6) is 0 Å². The number of ether oxygens (including phenoxy) is 1. The number of nitrogens with one attached hydrogen (secondary N) is 3. The van der Waals surface area contributed by atoms with Crippen LogP contribution in [0.1, 0.15) is 11.1 Å². The molecule has 3 N–H and O–H groups in total. The molecule has 1 aromatic carbocycles. The highest BCUT2D eigenvalue weighted by Crippen LogP contribution is 2.35. The van der Waals surface area contributed by atoms with E-state index in [1.165, 1.54) is 17.0 Å². The fourth-order valence-electron chi connectivity index (χ4n) is 2.62. The minimum absolute atomic E-state index is 0.0952. The summed E-state index contributed by atoms with van der Waals surface area (Å²) in [5.41, 5.74) is 1.49. The second kappa shape index (κ2) is 7.10. The number of amides is 3. The lowest BCUT2D eigenvalue weighted by atomic mass is 10.0. The van der Waals surface area contributed by atoms with Gasteiger partial charge in [-0.1, -0.05) is 6.07 Å². The summed E-state index contributed by atoms with van der Waals surface area (Å²) in [6.45, 7) is 1.31. The number of anilines is 1. The second-order valence-corrected chi connectivity index (χ2v) is 5.65. The summed E-state index contributed by atoms with van der Waals surface area (Å²) in [6.07, 6.45) is -5.34. The number of hydrazone groups is 1. The largest absolute Gasteiger partial charge is 0.442 e. The van der Waals surface area contributed by atoms with Gasteiger partial charge in [0.1, 0.15) is 12.3 Å². The van der Waals surface area contributed by atoms with Crippen LogP contribution in [-0.4, -0.2) is 55.5 Å². The Morgan fingerprint density at radius 2 is 2.12 bits per heavy atom. The van der Waals surface area contributed by atoms with Gasteiger partial charge in [-0.15, -0.1) is 0 Å². The van der Waals surface area contributed by atoms with Crippen LogP contribution in [0.2, 0.25) is 0 Å². The second-order valence-electron chi connectivity index (χ2n) is 5.65. The molecule has 8 nitrogen and oxygen atoms in total. The number of hydrogen-bond donors (Lipinski definition) is 3. The van der Waals surface area contributed by atoms with Crippen LogP contribution in [0.3, 0.4) is 0 Å². The molecule has 3 rings (SSSR count). The van der Waals surface area contributed by atoms with Crippen molar-refractivity contribution in [1.82, 2.24) is 15.6 Å². The minimum Gasteiger partial charge on any atom is -0.442 e. The van der Waals surface area contributed by atoms with Crippen molar-refractivity contribution in [2.45, 2.75) is 6.18 Å². The predicted octanol–water partition coefficient (Wildman–Crippen LogP) is 1.59. The fraction of sp³-hybridized carbons (Fsp3) is 0.400. The van der Waals surface area contributed by atoms with E-state index in [2.05, 4.69) is 21.2 Å². The molecule has 0 atom stereocenters. The highest BCUT2D eigenvalue weighted by molar-refractivity contribution is 6.04. The minimum atomic E-state index is -4.58. The van der Waals surface area contributed by atoms with E-state index in [9.17, 15) is 22.8 Å². The summed E-state index contributed by atoms with van der Waals surface area (Å²) in [7, 11) is 0. The van der Waals surface area contributed by atoms with Gasteiger partial charge in [0.05, 0.1) is 5.56 Å². The van der Waals surface area contributed by atoms with Gasteiger partial charge in [-0.3, -0.25) is 0 Å². The third-order valence-corrected chi connectivity index (χ3v) is 3.92. The third kappa shape index (κ3) is 3.98. The number of benzene rings is 1. The molecule has 1 saturated heterocycles. The van der Waals surface area contributed by atoms with E-state index in [0.29, 0.717) is 13.1 Å². The maximum atomic E-state index is 13.4. The van der Waals surface area contributed by atoms with Gasteiger partial charge in [0.2, 0.25) is 0 Å². The van der Waals surface area contributed by atoms with Crippen LogP contribution in [-0.2, 0) is 10.9 Å². The molecular weight excluding hydrogens is 355 g/mol. The van der Waals surface area contributed by atoms with Gasteiger partial charge >= 0.3 is 18.3 Å². The molecule has 26 heavy (non-hydrogen) atoms. The summed E-state index contributed by atoms with van der Waals surface area (Å²) in [6, 6.07) is 3.47. The van der Waals surface area contributed by atoms with E-state index in [-0.39, 0.29) is 42.7 Å². The summed E-state index contributed by atoms with van der Waals surface area (Å²) in [4.78, 5) is 23.9. The number of carbonyl (C=O) groups is 2. The standard InChI is InChI=1S/C15H16F3N5O3/c16-15(17,18)10-7-9(12-8-26-14(25)22-21-12)1-2-11(10)19-3-5-23-6-4-20-13(23)24/h1-2,7,19H,3-6,8H2,(H,20,24)(H,22,25). The molecule has 2 aliphatic heterocycles. The summed E-state index contributed by atoms with van der Waals surface area (Å²) in [5, 5.41) is 9.06. The van der Waals surface area contributed by atoms with Crippen molar-refractivity contribution < 1.29 is 27.5 Å². The normalized spacial score (nSPS) is 17.3. The molecule has 2 heterocycles. The van der Waals surface area contributed by atoms with Gasteiger partial charge in [0, 0.05) is 37.4 Å². The molecule has 140 valence electrons. The van der Waals surface area contributed by atoms with Crippen molar-refractivity contribution in [2.75, 3.05) is 38.1 Å². The molecule has 2 aliphatic rings. The molecule has 1 aromatic rings.